The summed E-state index contributed by atoms with van der Waals surface area (Å²) < 4.78 is 7.33. The molecular formula is C21H16Cl2N4O2S. The number of anilines is 1. The Hall–Kier alpha value is -2.87. The fourth-order valence-electron chi connectivity index (χ4n) is 2.69. The summed E-state index contributed by atoms with van der Waals surface area (Å²) in [5.41, 5.74) is 1.81. The first-order chi connectivity index (χ1) is 14.6. The van der Waals surface area contributed by atoms with Gasteiger partial charge in [-0.3, -0.25) is 10.1 Å². The van der Waals surface area contributed by atoms with Gasteiger partial charge >= 0.3 is 0 Å². The molecule has 152 valence electrons. The highest BCUT2D eigenvalue weighted by Crippen LogP contribution is 2.21. The number of carbonyl (C=O) groups is 1. The van der Waals surface area contributed by atoms with E-state index in [4.69, 9.17) is 27.9 Å². The van der Waals surface area contributed by atoms with E-state index in [1.807, 2.05) is 41.8 Å². The standard InChI is InChI=1S/C21H16Cl2N4O2S/c22-16-5-3-6-17(9-16)29-11-14-8-19(30-12-14)20(28)25-21-24-13-27(26-21)10-15-4-1-2-7-18(15)23/h1-9,12-13H,10-11H2,(H,25,26,28). The Morgan fingerprint density at radius 2 is 2.00 bits per heavy atom. The smallest absolute Gasteiger partial charge is 0.268 e. The molecule has 0 spiro atoms. The van der Waals surface area contributed by atoms with Crippen LogP contribution in [0.1, 0.15) is 20.8 Å². The Morgan fingerprint density at radius 3 is 2.83 bits per heavy atom. The first-order valence-corrected chi connectivity index (χ1v) is 10.6. The molecule has 6 nitrogen and oxygen atoms in total. The second-order valence-corrected chi connectivity index (χ2v) is 8.13. The van der Waals surface area contributed by atoms with E-state index in [2.05, 4.69) is 15.4 Å². The number of hydrogen-bond donors (Lipinski definition) is 1. The molecule has 2 heterocycles. The molecule has 1 amide bonds. The SMILES string of the molecule is O=C(Nc1ncn(Cc2ccccc2Cl)n1)c1cc(COc2cccc(Cl)c2)cs1. The average Bonchev–Trinajstić information content (AvgIpc) is 3.38. The molecule has 9 heteroatoms. The minimum Gasteiger partial charge on any atom is -0.489 e. The van der Waals surface area contributed by atoms with E-state index in [1.165, 1.54) is 11.3 Å². The maximum absolute atomic E-state index is 12.5. The fraction of sp³-hybridized carbons (Fsp3) is 0.0952. The van der Waals surface area contributed by atoms with Crippen LogP contribution in [0.4, 0.5) is 5.95 Å². The maximum atomic E-state index is 12.5. The number of carbonyl (C=O) groups excluding carboxylic acids is 1. The summed E-state index contributed by atoms with van der Waals surface area (Å²) in [4.78, 5) is 17.2. The van der Waals surface area contributed by atoms with Crippen LogP contribution in [0.2, 0.25) is 10.0 Å². The summed E-state index contributed by atoms with van der Waals surface area (Å²) in [7, 11) is 0. The number of hydrogen-bond acceptors (Lipinski definition) is 5. The number of nitrogens with zero attached hydrogens (tertiary/aromatic N) is 3. The van der Waals surface area contributed by atoms with E-state index in [9.17, 15) is 4.79 Å². The summed E-state index contributed by atoms with van der Waals surface area (Å²) in [6, 6.07) is 16.5. The van der Waals surface area contributed by atoms with Crippen molar-refractivity contribution in [1.82, 2.24) is 14.8 Å². The molecule has 30 heavy (non-hydrogen) atoms. The highest BCUT2D eigenvalue weighted by molar-refractivity contribution is 7.12. The molecule has 0 aliphatic rings. The van der Waals surface area contributed by atoms with Crippen LogP contribution in [0.25, 0.3) is 0 Å². The van der Waals surface area contributed by atoms with Gasteiger partial charge in [-0.15, -0.1) is 16.4 Å². The Morgan fingerprint density at radius 1 is 1.13 bits per heavy atom. The number of aromatic nitrogens is 3. The van der Waals surface area contributed by atoms with Crippen molar-refractivity contribution in [2.45, 2.75) is 13.2 Å². The third kappa shape index (κ3) is 5.18. The molecular weight excluding hydrogens is 443 g/mol. The number of nitrogens with one attached hydrogen (secondary N) is 1. The lowest BCUT2D eigenvalue weighted by Crippen LogP contribution is -2.12. The van der Waals surface area contributed by atoms with Gasteiger partial charge in [-0.05, 0) is 41.3 Å². The average molecular weight is 459 g/mol. The summed E-state index contributed by atoms with van der Waals surface area (Å²) in [6.45, 7) is 0.807. The molecule has 0 radical (unpaired) electrons. The van der Waals surface area contributed by atoms with Crippen molar-refractivity contribution in [3.8, 4) is 5.75 Å². The van der Waals surface area contributed by atoms with Crippen LogP contribution < -0.4 is 10.1 Å². The molecule has 0 aliphatic heterocycles. The largest absolute Gasteiger partial charge is 0.489 e. The van der Waals surface area contributed by atoms with Crippen molar-refractivity contribution < 1.29 is 9.53 Å². The predicted octanol–water partition coefficient (Wildman–Crippen LogP) is 5.53. The number of halogens is 2. The molecule has 0 bridgehead atoms. The van der Waals surface area contributed by atoms with E-state index in [-0.39, 0.29) is 11.9 Å². The van der Waals surface area contributed by atoms with Crippen molar-refractivity contribution >= 4 is 46.4 Å². The van der Waals surface area contributed by atoms with E-state index >= 15 is 0 Å². The minimum atomic E-state index is -0.274. The predicted molar refractivity (Wildman–Crippen MR) is 119 cm³/mol. The van der Waals surface area contributed by atoms with Crippen LogP contribution in [-0.4, -0.2) is 20.7 Å². The molecule has 0 fully saturated rings. The number of rotatable bonds is 7. The zero-order valence-corrected chi connectivity index (χ0v) is 17.9. The lowest BCUT2D eigenvalue weighted by atomic mass is 10.2. The van der Waals surface area contributed by atoms with Crippen molar-refractivity contribution in [1.29, 1.82) is 0 Å². The molecule has 0 aliphatic carbocycles. The molecule has 0 saturated heterocycles. The molecule has 0 unspecified atom stereocenters. The van der Waals surface area contributed by atoms with Crippen LogP contribution in [0.5, 0.6) is 5.75 Å². The first kappa shape index (κ1) is 20.4. The van der Waals surface area contributed by atoms with Gasteiger partial charge in [0.1, 0.15) is 18.7 Å². The zero-order valence-electron chi connectivity index (χ0n) is 15.6. The summed E-state index contributed by atoms with van der Waals surface area (Å²) in [6.07, 6.45) is 1.55. The van der Waals surface area contributed by atoms with Crippen molar-refractivity contribution in [2.24, 2.45) is 0 Å². The molecule has 4 aromatic rings. The lowest BCUT2D eigenvalue weighted by molar-refractivity contribution is 0.102. The monoisotopic (exact) mass is 458 g/mol. The van der Waals surface area contributed by atoms with E-state index in [0.29, 0.717) is 33.8 Å². The number of thiophene rings is 1. The van der Waals surface area contributed by atoms with Gasteiger partial charge in [0.2, 0.25) is 5.95 Å². The summed E-state index contributed by atoms with van der Waals surface area (Å²) in [5, 5.41) is 10.1. The molecule has 4 rings (SSSR count). The van der Waals surface area contributed by atoms with Crippen molar-refractivity contribution in [3.05, 3.63) is 92.4 Å². The molecule has 1 N–H and O–H groups in total. The quantitative estimate of drug-likeness (QED) is 0.395. The molecule has 0 atom stereocenters. The zero-order chi connectivity index (χ0) is 20.9. The Bertz CT molecular complexity index is 1180. The Labute approximate surface area is 187 Å². The normalized spacial score (nSPS) is 10.7. The number of ether oxygens (including phenoxy) is 1. The van der Waals surface area contributed by atoms with Crippen LogP contribution >= 0.6 is 34.5 Å². The topological polar surface area (TPSA) is 69.0 Å². The van der Waals surface area contributed by atoms with Gasteiger partial charge in [0.25, 0.3) is 5.91 Å². The van der Waals surface area contributed by atoms with Gasteiger partial charge in [0, 0.05) is 15.6 Å². The summed E-state index contributed by atoms with van der Waals surface area (Å²) >= 11 is 13.5. The minimum absolute atomic E-state index is 0.234. The van der Waals surface area contributed by atoms with Gasteiger partial charge in [0.15, 0.2) is 0 Å². The molecule has 2 aromatic heterocycles. The van der Waals surface area contributed by atoms with Crippen molar-refractivity contribution in [3.63, 3.8) is 0 Å². The van der Waals surface area contributed by atoms with Crippen molar-refractivity contribution in [2.75, 3.05) is 5.32 Å². The van der Waals surface area contributed by atoms with Gasteiger partial charge in [-0.25, -0.2) is 9.67 Å². The van der Waals surface area contributed by atoms with Gasteiger partial charge < -0.3 is 4.74 Å². The number of benzene rings is 2. The maximum Gasteiger partial charge on any atom is 0.268 e. The second kappa shape index (κ2) is 9.30. The van der Waals surface area contributed by atoms with Gasteiger partial charge in [0.05, 0.1) is 11.4 Å². The van der Waals surface area contributed by atoms with Gasteiger partial charge in [-0.1, -0.05) is 47.5 Å². The number of amides is 1. The fourth-order valence-corrected chi connectivity index (χ4v) is 3.85. The molecule has 2 aromatic carbocycles. The van der Waals surface area contributed by atoms with Crippen LogP contribution in [0.3, 0.4) is 0 Å². The van der Waals surface area contributed by atoms with E-state index in [1.54, 1.807) is 29.2 Å². The van der Waals surface area contributed by atoms with Crippen LogP contribution in [-0.2, 0) is 13.2 Å². The Balaban J connectivity index is 1.34. The Kier molecular flexibility index (Phi) is 6.32. The van der Waals surface area contributed by atoms with Crippen LogP contribution in [0, 0.1) is 0 Å². The van der Waals surface area contributed by atoms with Crippen LogP contribution in [0.15, 0.2) is 66.3 Å². The summed E-state index contributed by atoms with van der Waals surface area (Å²) in [5.74, 6) is 0.634. The highest BCUT2D eigenvalue weighted by Gasteiger charge is 2.13. The highest BCUT2D eigenvalue weighted by atomic mass is 35.5. The molecule has 0 saturated carbocycles. The second-order valence-electron chi connectivity index (χ2n) is 6.38. The van der Waals surface area contributed by atoms with E-state index < -0.39 is 0 Å². The van der Waals surface area contributed by atoms with Gasteiger partial charge in [-0.2, -0.15) is 0 Å². The third-order valence-corrected chi connectivity index (χ3v) is 5.71. The lowest BCUT2D eigenvalue weighted by Gasteiger charge is -2.04. The van der Waals surface area contributed by atoms with E-state index in [0.717, 1.165) is 11.1 Å². The third-order valence-electron chi connectivity index (χ3n) is 4.13. The first-order valence-electron chi connectivity index (χ1n) is 8.97.